The third kappa shape index (κ3) is 2.22. The standard InChI is InChI=1S/C17H20N2O/c1-13-11-15(12-20)19-16(18-13)17(9-5-6-10-17)14-7-3-2-4-8-14/h2-4,7-8,11,20H,5-6,9-10,12H2,1H3. The third-order valence-corrected chi connectivity index (χ3v) is 4.28. The van der Waals surface area contributed by atoms with E-state index in [1.54, 1.807) is 0 Å². The van der Waals surface area contributed by atoms with Gasteiger partial charge in [0.15, 0.2) is 0 Å². The zero-order chi connectivity index (χ0) is 14.0. The van der Waals surface area contributed by atoms with Gasteiger partial charge in [0, 0.05) is 5.69 Å². The van der Waals surface area contributed by atoms with Crippen molar-refractivity contribution in [3.63, 3.8) is 0 Å². The van der Waals surface area contributed by atoms with E-state index in [4.69, 9.17) is 4.98 Å². The first-order valence-corrected chi connectivity index (χ1v) is 7.26. The molecule has 104 valence electrons. The topological polar surface area (TPSA) is 46.0 Å². The van der Waals surface area contributed by atoms with Crippen LogP contribution in [0.4, 0.5) is 0 Å². The number of rotatable bonds is 3. The lowest BCUT2D eigenvalue weighted by atomic mass is 9.78. The summed E-state index contributed by atoms with van der Waals surface area (Å²) in [4.78, 5) is 9.31. The average Bonchev–Trinajstić information content (AvgIpc) is 2.98. The van der Waals surface area contributed by atoms with E-state index in [2.05, 4.69) is 29.2 Å². The minimum atomic E-state index is -0.0722. The number of aromatic nitrogens is 2. The molecule has 1 fully saturated rings. The fourth-order valence-electron chi connectivity index (χ4n) is 3.31. The lowest BCUT2D eigenvalue weighted by molar-refractivity contribution is 0.275. The summed E-state index contributed by atoms with van der Waals surface area (Å²) in [7, 11) is 0. The highest BCUT2D eigenvalue weighted by atomic mass is 16.3. The Morgan fingerprint density at radius 1 is 1.10 bits per heavy atom. The fourth-order valence-corrected chi connectivity index (χ4v) is 3.31. The molecule has 1 aromatic carbocycles. The van der Waals surface area contributed by atoms with Gasteiger partial charge in [0.25, 0.3) is 0 Å². The molecule has 0 atom stereocenters. The van der Waals surface area contributed by atoms with Crippen LogP contribution in [0.1, 0.15) is 48.5 Å². The molecule has 0 unspecified atom stereocenters. The Morgan fingerprint density at radius 2 is 1.80 bits per heavy atom. The number of hydrogen-bond donors (Lipinski definition) is 1. The number of hydrogen-bond acceptors (Lipinski definition) is 3. The summed E-state index contributed by atoms with van der Waals surface area (Å²) in [5.74, 6) is 0.880. The SMILES string of the molecule is Cc1cc(CO)nc(C2(c3ccccc3)CCCC2)n1. The fraction of sp³-hybridized carbons (Fsp3) is 0.412. The minimum Gasteiger partial charge on any atom is -0.390 e. The molecule has 3 rings (SSSR count). The Balaban J connectivity index is 2.14. The van der Waals surface area contributed by atoms with Gasteiger partial charge in [0.1, 0.15) is 5.82 Å². The molecule has 0 radical (unpaired) electrons. The Bertz CT molecular complexity index is 589. The summed E-state index contributed by atoms with van der Waals surface area (Å²) >= 11 is 0. The normalized spacial score (nSPS) is 17.3. The second-order valence-electron chi connectivity index (χ2n) is 5.64. The van der Waals surface area contributed by atoms with Crippen molar-refractivity contribution in [1.29, 1.82) is 0 Å². The van der Waals surface area contributed by atoms with Crippen molar-refractivity contribution in [2.75, 3.05) is 0 Å². The van der Waals surface area contributed by atoms with E-state index in [1.165, 1.54) is 18.4 Å². The summed E-state index contributed by atoms with van der Waals surface area (Å²) in [6, 6.07) is 12.4. The number of benzene rings is 1. The van der Waals surface area contributed by atoms with Crippen LogP contribution in [-0.4, -0.2) is 15.1 Å². The van der Waals surface area contributed by atoms with Crippen molar-refractivity contribution in [2.24, 2.45) is 0 Å². The van der Waals surface area contributed by atoms with Crippen molar-refractivity contribution in [3.8, 4) is 0 Å². The summed E-state index contributed by atoms with van der Waals surface area (Å²) in [5, 5.41) is 9.39. The number of aliphatic hydroxyl groups excluding tert-OH is 1. The average molecular weight is 268 g/mol. The summed E-state index contributed by atoms with van der Waals surface area (Å²) < 4.78 is 0. The van der Waals surface area contributed by atoms with E-state index in [0.29, 0.717) is 0 Å². The Kier molecular flexibility index (Phi) is 3.53. The van der Waals surface area contributed by atoms with Gasteiger partial charge >= 0.3 is 0 Å². The first-order chi connectivity index (χ1) is 9.74. The second kappa shape index (κ2) is 5.33. The summed E-state index contributed by atoms with van der Waals surface area (Å²) in [5.41, 5.74) is 2.87. The van der Waals surface area contributed by atoms with Gasteiger partial charge in [0.05, 0.1) is 17.7 Å². The van der Waals surface area contributed by atoms with Gasteiger partial charge in [-0.2, -0.15) is 0 Å². The molecule has 0 aliphatic heterocycles. The minimum absolute atomic E-state index is 0.0266. The molecule has 0 spiro atoms. The maximum absolute atomic E-state index is 9.39. The number of aryl methyl sites for hydroxylation is 1. The maximum atomic E-state index is 9.39. The van der Waals surface area contributed by atoms with Crippen molar-refractivity contribution in [1.82, 2.24) is 9.97 Å². The van der Waals surface area contributed by atoms with Crippen LogP contribution in [0.3, 0.4) is 0 Å². The Hall–Kier alpha value is -1.74. The molecule has 3 nitrogen and oxygen atoms in total. The molecule has 20 heavy (non-hydrogen) atoms. The molecule has 0 bridgehead atoms. The van der Waals surface area contributed by atoms with E-state index < -0.39 is 0 Å². The molecular formula is C17H20N2O. The summed E-state index contributed by atoms with van der Waals surface area (Å²) in [6.07, 6.45) is 4.60. The van der Waals surface area contributed by atoms with E-state index in [-0.39, 0.29) is 12.0 Å². The lowest BCUT2D eigenvalue weighted by Gasteiger charge is -2.28. The zero-order valence-electron chi connectivity index (χ0n) is 11.8. The number of aliphatic hydroxyl groups is 1. The number of nitrogens with zero attached hydrogens (tertiary/aromatic N) is 2. The van der Waals surface area contributed by atoms with Crippen LogP contribution in [0.2, 0.25) is 0 Å². The van der Waals surface area contributed by atoms with Gasteiger partial charge in [-0.25, -0.2) is 9.97 Å². The van der Waals surface area contributed by atoms with Crippen molar-refractivity contribution in [3.05, 3.63) is 59.2 Å². The molecule has 1 N–H and O–H groups in total. The first-order valence-electron chi connectivity index (χ1n) is 7.26. The van der Waals surface area contributed by atoms with Gasteiger partial charge < -0.3 is 5.11 Å². The van der Waals surface area contributed by atoms with Crippen LogP contribution in [0.15, 0.2) is 36.4 Å². The van der Waals surface area contributed by atoms with Crippen LogP contribution in [0, 0.1) is 6.92 Å². The van der Waals surface area contributed by atoms with E-state index in [9.17, 15) is 5.11 Å². The predicted molar refractivity (Wildman–Crippen MR) is 78.4 cm³/mol. The molecule has 1 aromatic heterocycles. The van der Waals surface area contributed by atoms with Crippen molar-refractivity contribution >= 4 is 0 Å². The Labute approximate surface area is 119 Å². The largest absolute Gasteiger partial charge is 0.390 e. The predicted octanol–water partition coefficient (Wildman–Crippen LogP) is 3.14. The van der Waals surface area contributed by atoms with Gasteiger partial charge in [-0.3, -0.25) is 0 Å². The van der Waals surface area contributed by atoms with Gasteiger partial charge in [0.2, 0.25) is 0 Å². The molecule has 1 saturated carbocycles. The first kappa shape index (κ1) is 13.3. The molecule has 0 saturated heterocycles. The van der Waals surface area contributed by atoms with E-state index >= 15 is 0 Å². The monoisotopic (exact) mass is 268 g/mol. The molecule has 1 aliphatic rings. The highest BCUT2D eigenvalue weighted by Crippen LogP contribution is 2.44. The third-order valence-electron chi connectivity index (χ3n) is 4.28. The lowest BCUT2D eigenvalue weighted by Crippen LogP contribution is -2.27. The quantitative estimate of drug-likeness (QED) is 0.930. The molecule has 0 amide bonds. The zero-order valence-corrected chi connectivity index (χ0v) is 11.8. The highest BCUT2D eigenvalue weighted by molar-refractivity contribution is 5.35. The van der Waals surface area contributed by atoms with Crippen molar-refractivity contribution < 1.29 is 5.11 Å². The van der Waals surface area contributed by atoms with Crippen LogP contribution in [0.25, 0.3) is 0 Å². The smallest absolute Gasteiger partial charge is 0.139 e. The van der Waals surface area contributed by atoms with Crippen molar-refractivity contribution in [2.45, 2.75) is 44.6 Å². The molecular weight excluding hydrogens is 248 g/mol. The molecule has 1 aliphatic carbocycles. The molecule has 2 aromatic rings. The van der Waals surface area contributed by atoms with E-state index in [0.717, 1.165) is 30.1 Å². The van der Waals surface area contributed by atoms with Crippen LogP contribution < -0.4 is 0 Å². The van der Waals surface area contributed by atoms with Crippen LogP contribution in [-0.2, 0) is 12.0 Å². The van der Waals surface area contributed by atoms with Gasteiger partial charge in [-0.1, -0.05) is 43.2 Å². The van der Waals surface area contributed by atoms with Gasteiger partial charge in [-0.15, -0.1) is 0 Å². The van der Waals surface area contributed by atoms with Crippen LogP contribution in [0.5, 0.6) is 0 Å². The van der Waals surface area contributed by atoms with Gasteiger partial charge in [-0.05, 0) is 31.4 Å². The van der Waals surface area contributed by atoms with Crippen LogP contribution >= 0.6 is 0 Å². The maximum Gasteiger partial charge on any atom is 0.139 e. The Morgan fingerprint density at radius 3 is 2.45 bits per heavy atom. The second-order valence-corrected chi connectivity index (χ2v) is 5.64. The molecule has 1 heterocycles. The highest BCUT2D eigenvalue weighted by Gasteiger charge is 2.40. The summed E-state index contributed by atoms with van der Waals surface area (Å²) in [6.45, 7) is 1.94. The van der Waals surface area contributed by atoms with E-state index in [1.807, 2.05) is 19.1 Å². The molecule has 3 heteroatoms.